The highest BCUT2D eigenvalue weighted by atomic mass is 32.2. The van der Waals surface area contributed by atoms with E-state index in [0.29, 0.717) is 12.2 Å². The number of benzene rings is 2. The van der Waals surface area contributed by atoms with E-state index in [-0.39, 0.29) is 5.91 Å². The van der Waals surface area contributed by atoms with Crippen molar-refractivity contribution >= 4 is 40.8 Å². The van der Waals surface area contributed by atoms with Crippen molar-refractivity contribution in [2.45, 2.75) is 21.4 Å². The predicted molar refractivity (Wildman–Crippen MR) is 103 cm³/mol. The summed E-state index contributed by atoms with van der Waals surface area (Å²) in [6.45, 7) is 0. The average Bonchev–Trinajstić information content (AvgIpc) is 3.04. The molecule has 0 N–H and O–H groups in total. The van der Waals surface area contributed by atoms with Crippen molar-refractivity contribution in [1.29, 1.82) is 0 Å². The van der Waals surface area contributed by atoms with Gasteiger partial charge in [0.25, 0.3) is 0 Å². The number of fused-ring (bicyclic) bond motifs is 2. The van der Waals surface area contributed by atoms with Crippen LogP contribution in [0.4, 0.5) is 11.4 Å². The van der Waals surface area contributed by atoms with E-state index in [0.717, 1.165) is 26.3 Å². The molecule has 4 rings (SSSR count). The topological polar surface area (TPSA) is 38.1 Å². The molecular formula is C19H17N3OS2. The van der Waals surface area contributed by atoms with Crippen molar-refractivity contribution in [3.8, 4) is 0 Å². The highest BCUT2D eigenvalue weighted by molar-refractivity contribution is 7.99. The summed E-state index contributed by atoms with van der Waals surface area (Å²) < 4.78 is 1.97. The molecule has 1 amide bonds. The number of hydrogen-bond donors (Lipinski definition) is 0. The van der Waals surface area contributed by atoms with Gasteiger partial charge in [0.15, 0.2) is 5.16 Å². The average molecular weight is 367 g/mol. The summed E-state index contributed by atoms with van der Waals surface area (Å²) in [5, 5.41) is 0.933. The third-order valence-electron chi connectivity index (χ3n) is 4.01. The Morgan fingerprint density at radius 1 is 1.08 bits per heavy atom. The van der Waals surface area contributed by atoms with Gasteiger partial charge in [-0.3, -0.25) is 9.69 Å². The Hall–Kier alpha value is -2.18. The minimum atomic E-state index is 0.113. The SMILES string of the molecule is Cn1ccnc1SCCC(=O)N1c2ccccc2Sc2ccccc21. The van der Waals surface area contributed by atoms with Gasteiger partial charge >= 0.3 is 0 Å². The van der Waals surface area contributed by atoms with Gasteiger partial charge in [0.1, 0.15) is 0 Å². The monoisotopic (exact) mass is 367 g/mol. The van der Waals surface area contributed by atoms with E-state index in [1.165, 1.54) is 0 Å². The Balaban J connectivity index is 1.56. The fourth-order valence-corrected chi connectivity index (χ4v) is 4.72. The summed E-state index contributed by atoms with van der Waals surface area (Å²) in [6, 6.07) is 16.2. The standard InChI is InChI=1S/C19H17N3OS2/c1-21-12-11-20-19(21)24-13-10-18(23)22-14-6-2-4-8-16(14)25-17-9-5-3-7-15(17)22/h2-9,11-12H,10,13H2,1H3. The molecule has 0 aliphatic carbocycles. The van der Waals surface area contributed by atoms with Crippen LogP contribution < -0.4 is 4.90 Å². The molecule has 126 valence electrons. The molecule has 0 radical (unpaired) electrons. The van der Waals surface area contributed by atoms with Gasteiger partial charge in [-0.05, 0) is 24.3 Å². The molecule has 0 fully saturated rings. The maximum atomic E-state index is 13.0. The van der Waals surface area contributed by atoms with Gasteiger partial charge < -0.3 is 4.57 Å². The first-order valence-electron chi connectivity index (χ1n) is 8.03. The first-order valence-corrected chi connectivity index (χ1v) is 9.83. The third kappa shape index (κ3) is 3.19. The van der Waals surface area contributed by atoms with E-state index in [9.17, 15) is 4.79 Å². The largest absolute Gasteiger partial charge is 0.329 e. The Morgan fingerprint density at radius 3 is 2.32 bits per heavy atom. The second-order valence-corrected chi connectivity index (χ2v) is 7.83. The Morgan fingerprint density at radius 2 is 1.72 bits per heavy atom. The lowest BCUT2D eigenvalue weighted by Gasteiger charge is -2.31. The van der Waals surface area contributed by atoms with Crippen molar-refractivity contribution in [2.24, 2.45) is 7.05 Å². The smallest absolute Gasteiger partial charge is 0.232 e. The maximum absolute atomic E-state index is 13.0. The molecule has 6 heteroatoms. The van der Waals surface area contributed by atoms with E-state index < -0.39 is 0 Å². The molecule has 3 aromatic rings. The number of para-hydroxylation sites is 2. The lowest BCUT2D eigenvalue weighted by atomic mass is 10.2. The first kappa shape index (κ1) is 16.3. The lowest BCUT2D eigenvalue weighted by molar-refractivity contribution is -0.117. The van der Waals surface area contributed by atoms with Crippen LogP contribution in [0.2, 0.25) is 0 Å². The van der Waals surface area contributed by atoms with Crippen molar-refractivity contribution < 1.29 is 4.79 Å². The molecule has 1 aliphatic heterocycles. The van der Waals surface area contributed by atoms with Crippen LogP contribution in [0.25, 0.3) is 0 Å². The lowest BCUT2D eigenvalue weighted by Crippen LogP contribution is -2.28. The number of carbonyl (C=O) groups excluding carboxylic acids is 1. The molecule has 1 aliphatic rings. The van der Waals surface area contributed by atoms with Gasteiger partial charge in [0.2, 0.25) is 5.91 Å². The minimum Gasteiger partial charge on any atom is -0.329 e. The number of aryl methyl sites for hydroxylation is 1. The van der Waals surface area contributed by atoms with Crippen LogP contribution in [0.3, 0.4) is 0 Å². The highest BCUT2D eigenvalue weighted by Crippen LogP contribution is 2.48. The zero-order valence-electron chi connectivity index (χ0n) is 13.8. The van der Waals surface area contributed by atoms with E-state index >= 15 is 0 Å². The van der Waals surface area contributed by atoms with Crippen LogP contribution >= 0.6 is 23.5 Å². The quantitative estimate of drug-likeness (QED) is 0.625. The summed E-state index contributed by atoms with van der Waals surface area (Å²) in [4.78, 5) is 21.4. The molecule has 1 aromatic heterocycles. The molecule has 0 bridgehead atoms. The minimum absolute atomic E-state index is 0.113. The van der Waals surface area contributed by atoms with Crippen LogP contribution in [0.15, 0.2) is 75.9 Å². The number of imidazole rings is 1. The first-order chi connectivity index (χ1) is 12.2. The van der Waals surface area contributed by atoms with Crippen LogP contribution in [0.5, 0.6) is 0 Å². The van der Waals surface area contributed by atoms with E-state index in [2.05, 4.69) is 17.1 Å². The molecule has 2 aromatic carbocycles. The summed E-state index contributed by atoms with van der Waals surface area (Å²) in [5.41, 5.74) is 1.94. The molecule has 0 spiro atoms. The van der Waals surface area contributed by atoms with Gasteiger partial charge in [-0.25, -0.2) is 4.98 Å². The fraction of sp³-hybridized carbons (Fsp3) is 0.158. The molecule has 4 nitrogen and oxygen atoms in total. The normalized spacial score (nSPS) is 12.6. The Bertz CT molecular complexity index is 877. The van der Waals surface area contributed by atoms with Crippen LogP contribution in [0.1, 0.15) is 6.42 Å². The number of rotatable bonds is 4. The van der Waals surface area contributed by atoms with Crippen molar-refractivity contribution in [3.63, 3.8) is 0 Å². The van der Waals surface area contributed by atoms with E-state index in [4.69, 9.17) is 0 Å². The van der Waals surface area contributed by atoms with Gasteiger partial charge in [0.05, 0.1) is 11.4 Å². The molecular weight excluding hydrogens is 350 g/mol. The van der Waals surface area contributed by atoms with Crippen molar-refractivity contribution in [1.82, 2.24) is 9.55 Å². The zero-order valence-corrected chi connectivity index (χ0v) is 15.4. The van der Waals surface area contributed by atoms with Gasteiger partial charge in [0, 0.05) is 41.4 Å². The summed E-state index contributed by atoms with van der Waals surface area (Å²) in [5.74, 6) is 0.819. The zero-order chi connectivity index (χ0) is 17.2. The van der Waals surface area contributed by atoms with Crippen molar-refractivity contribution in [2.75, 3.05) is 10.7 Å². The summed E-state index contributed by atoms with van der Waals surface area (Å²) in [7, 11) is 1.96. The highest BCUT2D eigenvalue weighted by Gasteiger charge is 2.27. The number of nitrogens with zero attached hydrogens (tertiary/aromatic N) is 3. The third-order valence-corrected chi connectivity index (χ3v) is 6.20. The number of aromatic nitrogens is 2. The van der Waals surface area contributed by atoms with Crippen LogP contribution in [-0.4, -0.2) is 21.2 Å². The van der Waals surface area contributed by atoms with E-state index in [1.54, 1.807) is 29.7 Å². The van der Waals surface area contributed by atoms with E-state index in [1.807, 2.05) is 59.1 Å². The molecule has 0 unspecified atom stereocenters. The second kappa shape index (κ2) is 6.98. The molecule has 0 atom stereocenters. The number of carbonyl (C=O) groups is 1. The second-order valence-electron chi connectivity index (χ2n) is 5.69. The number of hydrogen-bond acceptors (Lipinski definition) is 4. The van der Waals surface area contributed by atoms with Gasteiger partial charge in [-0.1, -0.05) is 47.8 Å². The number of thioether (sulfide) groups is 1. The summed E-state index contributed by atoms with van der Waals surface area (Å²) >= 11 is 3.32. The molecule has 0 saturated heterocycles. The Labute approximate surface area is 155 Å². The fourth-order valence-electron chi connectivity index (χ4n) is 2.81. The van der Waals surface area contributed by atoms with Crippen LogP contribution in [-0.2, 0) is 11.8 Å². The van der Waals surface area contributed by atoms with Gasteiger partial charge in [-0.2, -0.15) is 0 Å². The predicted octanol–water partition coefficient (Wildman–Crippen LogP) is 4.73. The maximum Gasteiger partial charge on any atom is 0.232 e. The molecule has 25 heavy (non-hydrogen) atoms. The number of amides is 1. The summed E-state index contributed by atoms with van der Waals surface area (Å²) in [6.07, 6.45) is 4.15. The van der Waals surface area contributed by atoms with Crippen molar-refractivity contribution in [3.05, 3.63) is 60.9 Å². The Kier molecular flexibility index (Phi) is 4.55. The molecule has 0 saturated carbocycles. The van der Waals surface area contributed by atoms with Crippen LogP contribution in [0, 0.1) is 0 Å². The van der Waals surface area contributed by atoms with Gasteiger partial charge in [-0.15, -0.1) is 0 Å². The number of anilines is 2. The molecule has 2 heterocycles.